The van der Waals surface area contributed by atoms with Gasteiger partial charge in [-0.15, -0.1) is 0 Å². The van der Waals surface area contributed by atoms with Crippen LogP contribution in [0.1, 0.15) is 6.92 Å². The van der Waals surface area contributed by atoms with Crippen LogP contribution in [0.25, 0.3) is 0 Å². The van der Waals surface area contributed by atoms with Crippen molar-refractivity contribution in [2.24, 2.45) is 0 Å². The monoisotopic (exact) mass is 253 g/mol. The van der Waals surface area contributed by atoms with Crippen LogP contribution in [0.15, 0.2) is 18.3 Å². The van der Waals surface area contributed by atoms with Crippen molar-refractivity contribution in [2.75, 3.05) is 51.9 Å². The minimum atomic E-state index is 0.651. The highest BCUT2D eigenvalue weighted by Gasteiger charge is 2.08. The summed E-state index contributed by atoms with van der Waals surface area (Å²) in [4.78, 5) is 6.45. The number of methoxy groups -OCH3 is 1. The van der Waals surface area contributed by atoms with E-state index >= 15 is 0 Å². The number of aromatic nitrogens is 1. The van der Waals surface area contributed by atoms with Crippen LogP contribution in [-0.4, -0.2) is 52.0 Å². The maximum Gasteiger partial charge on any atom is 0.171 e. The summed E-state index contributed by atoms with van der Waals surface area (Å²) < 4.78 is 10.5. The first kappa shape index (κ1) is 14.7. The maximum absolute atomic E-state index is 5.56. The Morgan fingerprint density at radius 2 is 2.22 bits per heavy atom. The third-order valence-electron chi connectivity index (χ3n) is 2.52. The molecule has 0 aliphatic carbocycles. The molecule has 0 amide bonds. The van der Waals surface area contributed by atoms with Gasteiger partial charge in [0, 0.05) is 40.0 Å². The second kappa shape index (κ2) is 8.72. The molecule has 18 heavy (non-hydrogen) atoms. The lowest BCUT2D eigenvalue weighted by Crippen LogP contribution is -2.31. The van der Waals surface area contributed by atoms with E-state index in [1.165, 1.54) is 0 Å². The van der Waals surface area contributed by atoms with Gasteiger partial charge in [-0.2, -0.15) is 0 Å². The van der Waals surface area contributed by atoms with Gasteiger partial charge in [-0.25, -0.2) is 4.98 Å². The zero-order valence-electron chi connectivity index (χ0n) is 11.5. The average Bonchev–Trinajstić information content (AvgIpc) is 2.39. The van der Waals surface area contributed by atoms with Crippen LogP contribution in [0.3, 0.4) is 0 Å². The summed E-state index contributed by atoms with van der Waals surface area (Å²) in [5.41, 5.74) is 0. The Bertz CT molecular complexity index is 334. The van der Waals surface area contributed by atoms with Gasteiger partial charge in [0.25, 0.3) is 0 Å². The summed E-state index contributed by atoms with van der Waals surface area (Å²) in [5, 5.41) is 3.30. The van der Waals surface area contributed by atoms with E-state index in [1.807, 2.05) is 26.1 Å². The van der Waals surface area contributed by atoms with Gasteiger partial charge in [0.2, 0.25) is 0 Å². The average molecular weight is 253 g/mol. The zero-order chi connectivity index (χ0) is 13.2. The third-order valence-corrected chi connectivity index (χ3v) is 2.52. The molecular weight excluding hydrogens is 230 g/mol. The molecule has 1 aromatic heterocycles. The van der Waals surface area contributed by atoms with Crippen LogP contribution in [0, 0.1) is 0 Å². The number of ether oxygens (including phenoxy) is 2. The Balaban J connectivity index is 2.42. The predicted molar refractivity (Wildman–Crippen MR) is 73.4 cm³/mol. The Hall–Kier alpha value is -1.33. The second-order valence-corrected chi connectivity index (χ2v) is 3.92. The van der Waals surface area contributed by atoms with E-state index in [1.54, 1.807) is 13.3 Å². The highest BCUT2D eigenvalue weighted by atomic mass is 16.5. The predicted octanol–water partition coefficient (Wildman–Crippen LogP) is 1.15. The molecule has 5 nitrogen and oxygen atoms in total. The lowest BCUT2D eigenvalue weighted by atomic mass is 10.4. The molecule has 5 heteroatoms. The fourth-order valence-corrected chi connectivity index (χ4v) is 1.59. The number of pyridine rings is 1. The number of anilines is 1. The molecule has 0 saturated heterocycles. The number of hydrogen-bond donors (Lipinski definition) is 1. The molecule has 1 rings (SSSR count). The first-order valence-corrected chi connectivity index (χ1v) is 6.28. The number of likely N-dealkylation sites (N-methyl/N-ethyl adjacent to an activating group) is 1. The van der Waals surface area contributed by atoms with Gasteiger partial charge in [-0.3, -0.25) is 0 Å². The Labute approximate surface area is 109 Å². The van der Waals surface area contributed by atoms with Gasteiger partial charge in [0.05, 0.1) is 13.2 Å². The fourth-order valence-electron chi connectivity index (χ4n) is 1.59. The van der Waals surface area contributed by atoms with Crippen molar-refractivity contribution >= 4 is 5.82 Å². The van der Waals surface area contributed by atoms with E-state index in [0.29, 0.717) is 6.61 Å². The van der Waals surface area contributed by atoms with Crippen LogP contribution in [0.5, 0.6) is 5.75 Å². The smallest absolute Gasteiger partial charge is 0.171 e. The minimum absolute atomic E-state index is 0.651. The van der Waals surface area contributed by atoms with E-state index in [2.05, 4.69) is 15.2 Å². The first-order chi connectivity index (χ1) is 8.79. The van der Waals surface area contributed by atoms with E-state index in [4.69, 9.17) is 9.47 Å². The first-order valence-electron chi connectivity index (χ1n) is 6.28. The molecular formula is C13H23N3O2. The Kier molecular flexibility index (Phi) is 7.13. The number of nitrogens with one attached hydrogen (secondary N) is 1. The maximum atomic E-state index is 5.56. The van der Waals surface area contributed by atoms with Crippen LogP contribution in [-0.2, 0) is 4.74 Å². The summed E-state index contributed by atoms with van der Waals surface area (Å²) >= 11 is 0. The van der Waals surface area contributed by atoms with Crippen LogP contribution >= 0.6 is 0 Å². The quantitative estimate of drug-likeness (QED) is 0.669. The highest BCUT2D eigenvalue weighted by molar-refractivity contribution is 5.51. The van der Waals surface area contributed by atoms with E-state index in [9.17, 15) is 0 Å². The molecule has 0 atom stereocenters. The molecule has 1 aromatic rings. The summed E-state index contributed by atoms with van der Waals surface area (Å²) in [6.07, 6.45) is 1.78. The standard InChI is InChI=1S/C13H23N3O2/c1-4-18-12-6-5-7-15-13(12)16(2)10-8-14-9-11-17-3/h5-7,14H,4,8-11H2,1-3H3. The fraction of sp³-hybridized carbons (Fsp3) is 0.615. The van der Waals surface area contributed by atoms with Crippen LogP contribution in [0.2, 0.25) is 0 Å². The number of rotatable bonds is 9. The Morgan fingerprint density at radius 1 is 1.39 bits per heavy atom. The van der Waals surface area contributed by atoms with Gasteiger partial charge in [0.15, 0.2) is 11.6 Å². The van der Waals surface area contributed by atoms with Gasteiger partial charge < -0.3 is 19.7 Å². The molecule has 0 saturated carbocycles. The molecule has 102 valence electrons. The normalized spacial score (nSPS) is 10.4. The van der Waals surface area contributed by atoms with Crippen molar-refractivity contribution in [3.8, 4) is 5.75 Å². The summed E-state index contributed by atoms with van der Waals surface area (Å²) in [5.74, 6) is 1.72. The largest absolute Gasteiger partial charge is 0.490 e. The Morgan fingerprint density at radius 3 is 2.94 bits per heavy atom. The van der Waals surface area contributed by atoms with Crippen molar-refractivity contribution in [2.45, 2.75) is 6.92 Å². The van der Waals surface area contributed by atoms with Crippen molar-refractivity contribution < 1.29 is 9.47 Å². The second-order valence-electron chi connectivity index (χ2n) is 3.92. The molecule has 1 N–H and O–H groups in total. The summed E-state index contributed by atoms with van der Waals surface area (Å²) in [6.45, 7) is 5.99. The van der Waals surface area contributed by atoms with Crippen LogP contribution in [0.4, 0.5) is 5.82 Å². The van der Waals surface area contributed by atoms with Gasteiger partial charge >= 0.3 is 0 Å². The van der Waals surface area contributed by atoms with Gasteiger partial charge in [-0.1, -0.05) is 0 Å². The molecule has 0 aliphatic heterocycles. The molecule has 0 aromatic carbocycles. The van der Waals surface area contributed by atoms with Crippen molar-refractivity contribution in [1.29, 1.82) is 0 Å². The zero-order valence-corrected chi connectivity index (χ0v) is 11.5. The topological polar surface area (TPSA) is 46.6 Å². The SMILES string of the molecule is CCOc1cccnc1N(C)CCNCCOC. The van der Waals surface area contributed by atoms with Crippen molar-refractivity contribution in [1.82, 2.24) is 10.3 Å². The van der Waals surface area contributed by atoms with Crippen LogP contribution < -0.4 is 15.0 Å². The van der Waals surface area contributed by atoms with Crippen molar-refractivity contribution in [3.05, 3.63) is 18.3 Å². The lowest BCUT2D eigenvalue weighted by Gasteiger charge is -2.20. The molecule has 1 heterocycles. The molecule has 0 spiro atoms. The lowest BCUT2D eigenvalue weighted by molar-refractivity contribution is 0.200. The van der Waals surface area contributed by atoms with E-state index in [0.717, 1.165) is 37.8 Å². The number of nitrogens with zero attached hydrogens (tertiary/aromatic N) is 2. The van der Waals surface area contributed by atoms with E-state index < -0.39 is 0 Å². The molecule has 0 bridgehead atoms. The summed E-state index contributed by atoms with van der Waals surface area (Å²) in [7, 11) is 3.72. The minimum Gasteiger partial charge on any atom is -0.490 e. The van der Waals surface area contributed by atoms with Crippen molar-refractivity contribution in [3.63, 3.8) is 0 Å². The molecule has 0 unspecified atom stereocenters. The molecule has 0 fully saturated rings. The van der Waals surface area contributed by atoms with Gasteiger partial charge in [-0.05, 0) is 19.1 Å². The van der Waals surface area contributed by atoms with Gasteiger partial charge in [0.1, 0.15) is 0 Å². The highest BCUT2D eigenvalue weighted by Crippen LogP contribution is 2.23. The number of hydrogen-bond acceptors (Lipinski definition) is 5. The molecule has 0 radical (unpaired) electrons. The van der Waals surface area contributed by atoms with E-state index in [-0.39, 0.29) is 0 Å². The summed E-state index contributed by atoms with van der Waals surface area (Å²) in [6, 6.07) is 3.83. The molecule has 0 aliphatic rings. The third kappa shape index (κ3) is 4.89.